The number of carboxylic acids is 1. The summed E-state index contributed by atoms with van der Waals surface area (Å²) in [7, 11) is 0. The Balaban J connectivity index is 1.97. The fourth-order valence-electron chi connectivity index (χ4n) is 2.93. The van der Waals surface area contributed by atoms with Crippen LogP contribution in [-0.2, 0) is 14.4 Å². The van der Waals surface area contributed by atoms with Crippen LogP contribution in [-0.4, -0.2) is 50.0 Å². The van der Waals surface area contributed by atoms with Crippen molar-refractivity contribution in [1.82, 2.24) is 10.2 Å². The molecule has 0 aromatic carbocycles. The summed E-state index contributed by atoms with van der Waals surface area (Å²) in [6.07, 6.45) is 3.26. The van der Waals surface area contributed by atoms with E-state index in [1.54, 1.807) is 0 Å². The van der Waals surface area contributed by atoms with Gasteiger partial charge < -0.3 is 15.3 Å². The van der Waals surface area contributed by atoms with Gasteiger partial charge in [0.05, 0.1) is 0 Å². The molecule has 0 aliphatic carbocycles. The van der Waals surface area contributed by atoms with Crippen molar-refractivity contribution in [2.24, 2.45) is 0 Å². The van der Waals surface area contributed by atoms with E-state index in [4.69, 9.17) is 0 Å². The van der Waals surface area contributed by atoms with Crippen LogP contribution in [0.25, 0.3) is 0 Å². The Labute approximate surface area is 128 Å². The Morgan fingerprint density at radius 3 is 2.62 bits per heavy atom. The molecule has 0 unspecified atom stereocenters. The molecule has 21 heavy (non-hydrogen) atoms. The molecule has 0 bridgehead atoms. The van der Waals surface area contributed by atoms with Crippen molar-refractivity contribution >= 4 is 29.5 Å². The third-order valence-electron chi connectivity index (χ3n) is 4.00. The van der Waals surface area contributed by atoms with Crippen molar-refractivity contribution in [2.45, 2.75) is 68.7 Å². The summed E-state index contributed by atoms with van der Waals surface area (Å²) in [5.74, 6) is -1.40. The van der Waals surface area contributed by atoms with Gasteiger partial charge in [-0.25, -0.2) is 4.79 Å². The zero-order valence-corrected chi connectivity index (χ0v) is 13.4. The number of fused-ring (bicyclic) bond motifs is 1. The molecule has 2 N–H and O–H groups in total. The molecule has 2 rings (SSSR count). The number of nitrogens with one attached hydrogen (secondary N) is 1. The third kappa shape index (κ3) is 2.88. The van der Waals surface area contributed by atoms with Crippen LogP contribution in [0.2, 0.25) is 0 Å². The first-order valence-electron chi connectivity index (χ1n) is 7.31. The van der Waals surface area contributed by atoms with Crippen molar-refractivity contribution in [2.75, 3.05) is 0 Å². The molecule has 0 radical (unpaired) electrons. The second kappa shape index (κ2) is 5.87. The number of carbonyl (C=O) groups is 3. The van der Waals surface area contributed by atoms with E-state index in [0.29, 0.717) is 6.42 Å². The summed E-state index contributed by atoms with van der Waals surface area (Å²) in [6.45, 7) is 5.71. The van der Waals surface area contributed by atoms with Crippen LogP contribution >= 0.6 is 11.8 Å². The lowest BCUT2D eigenvalue weighted by molar-refractivity contribution is -0.161. The van der Waals surface area contributed by atoms with Crippen LogP contribution in [0.3, 0.4) is 0 Å². The average Bonchev–Trinajstić information content (AvgIpc) is 2.65. The predicted molar refractivity (Wildman–Crippen MR) is 79.8 cm³/mol. The first-order valence-corrected chi connectivity index (χ1v) is 8.19. The number of carboxylic acid groups (broad SMARTS) is 1. The second-order valence-corrected chi connectivity index (χ2v) is 7.87. The predicted octanol–water partition coefficient (Wildman–Crippen LogP) is 1.20. The average molecular weight is 314 g/mol. The Morgan fingerprint density at radius 2 is 2.05 bits per heavy atom. The lowest BCUT2D eigenvalue weighted by atomic mass is 9.96. The SMILES string of the molecule is CCCCCC(=O)N[C@@H]1C(=O)N2[C@@H]1SC(C)(C)[C@@H]2C(=O)O. The number of aliphatic carboxylic acids is 1. The number of rotatable bonds is 6. The molecule has 2 fully saturated rings. The van der Waals surface area contributed by atoms with Crippen LogP contribution in [0.1, 0.15) is 46.5 Å². The zero-order valence-electron chi connectivity index (χ0n) is 12.6. The topological polar surface area (TPSA) is 86.7 Å². The summed E-state index contributed by atoms with van der Waals surface area (Å²) in [4.78, 5) is 36.7. The van der Waals surface area contributed by atoms with E-state index in [0.717, 1.165) is 19.3 Å². The van der Waals surface area contributed by atoms with E-state index in [-0.39, 0.29) is 17.2 Å². The standard InChI is InChI=1S/C14H22N2O4S/c1-4-5-6-7-8(17)15-9-11(18)16-10(13(19)20)14(2,3)21-12(9)16/h9-10,12H,4-7H2,1-3H3,(H,15,17)(H,19,20)/t9-,10+,12-/m1/s1. The lowest BCUT2D eigenvalue weighted by Crippen LogP contribution is -2.70. The maximum Gasteiger partial charge on any atom is 0.327 e. The largest absolute Gasteiger partial charge is 0.480 e. The maximum absolute atomic E-state index is 12.1. The summed E-state index contributed by atoms with van der Waals surface area (Å²) in [5.41, 5.74) is 0. The van der Waals surface area contributed by atoms with E-state index in [1.807, 2.05) is 13.8 Å². The van der Waals surface area contributed by atoms with Gasteiger partial charge in [0, 0.05) is 11.2 Å². The fourth-order valence-corrected chi connectivity index (χ4v) is 4.55. The molecule has 0 saturated carbocycles. The Kier molecular flexibility index (Phi) is 4.51. The molecule has 2 amide bonds. The summed E-state index contributed by atoms with van der Waals surface area (Å²) < 4.78 is -0.548. The highest BCUT2D eigenvalue weighted by Gasteiger charge is 2.64. The highest BCUT2D eigenvalue weighted by molar-refractivity contribution is 8.01. The summed E-state index contributed by atoms with van der Waals surface area (Å²) in [5, 5.41) is 11.8. The zero-order chi connectivity index (χ0) is 15.8. The van der Waals surface area contributed by atoms with Crippen molar-refractivity contribution in [3.05, 3.63) is 0 Å². The lowest BCUT2D eigenvalue weighted by Gasteiger charge is -2.43. The molecule has 6 nitrogen and oxygen atoms in total. The van der Waals surface area contributed by atoms with E-state index in [1.165, 1.54) is 16.7 Å². The van der Waals surface area contributed by atoms with Gasteiger partial charge in [-0.15, -0.1) is 11.8 Å². The van der Waals surface area contributed by atoms with Gasteiger partial charge in [-0.3, -0.25) is 9.59 Å². The number of unbranched alkanes of at least 4 members (excludes halogenated alkanes) is 2. The molecule has 2 aliphatic rings. The number of β-lactam (4-membered cyclic amide) rings is 1. The van der Waals surface area contributed by atoms with Crippen molar-refractivity contribution < 1.29 is 19.5 Å². The first kappa shape index (κ1) is 16.1. The van der Waals surface area contributed by atoms with Crippen LogP contribution < -0.4 is 5.32 Å². The van der Waals surface area contributed by atoms with Crippen LogP contribution in [0.15, 0.2) is 0 Å². The molecule has 2 saturated heterocycles. The number of amides is 2. The van der Waals surface area contributed by atoms with E-state index in [2.05, 4.69) is 12.2 Å². The van der Waals surface area contributed by atoms with Crippen LogP contribution in [0.5, 0.6) is 0 Å². The van der Waals surface area contributed by atoms with E-state index in [9.17, 15) is 19.5 Å². The minimum Gasteiger partial charge on any atom is -0.480 e. The molecule has 0 spiro atoms. The van der Waals surface area contributed by atoms with Gasteiger partial charge in [-0.1, -0.05) is 19.8 Å². The molecular formula is C14H22N2O4S. The number of nitrogens with zero attached hydrogens (tertiary/aromatic N) is 1. The monoisotopic (exact) mass is 314 g/mol. The second-order valence-electron chi connectivity index (χ2n) is 6.10. The van der Waals surface area contributed by atoms with Crippen LogP contribution in [0, 0.1) is 0 Å². The van der Waals surface area contributed by atoms with E-state index < -0.39 is 22.8 Å². The van der Waals surface area contributed by atoms with Gasteiger partial charge in [-0.05, 0) is 20.3 Å². The van der Waals surface area contributed by atoms with Gasteiger partial charge >= 0.3 is 5.97 Å². The third-order valence-corrected chi connectivity index (χ3v) is 5.57. The van der Waals surface area contributed by atoms with Gasteiger partial charge in [0.15, 0.2) is 0 Å². The number of carbonyl (C=O) groups excluding carboxylic acids is 2. The molecular weight excluding hydrogens is 292 g/mol. The minimum atomic E-state index is -0.990. The maximum atomic E-state index is 12.1. The van der Waals surface area contributed by atoms with Gasteiger partial charge in [0.2, 0.25) is 11.8 Å². The first-order chi connectivity index (χ1) is 9.79. The van der Waals surface area contributed by atoms with Crippen molar-refractivity contribution in [3.8, 4) is 0 Å². The van der Waals surface area contributed by atoms with Gasteiger partial charge in [-0.2, -0.15) is 0 Å². The molecule has 2 aliphatic heterocycles. The molecule has 0 aromatic rings. The van der Waals surface area contributed by atoms with E-state index >= 15 is 0 Å². The molecule has 7 heteroatoms. The Hall–Kier alpha value is -1.24. The van der Waals surface area contributed by atoms with Crippen molar-refractivity contribution in [1.29, 1.82) is 0 Å². The number of hydrogen-bond acceptors (Lipinski definition) is 4. The highest BCUT2D eigenvalue weighted by Crippen LogP contribution is 2.50. The number of hydrogen-bond donors (Lipinski definition) is 2. The molecule has 2 heterocycles. The molecule has 118 valence electrons. The van der Waals surface area contributed by atoms with Crippen molar-refractivity contribution in [3.63, 3.8) is 0 Å². The number of thioether (sulfide) groups is 1. The van der Waals surface area contributed by atoms with Crippen LogP contribution in [0.4, 0.5) is 0 Å². The molecule has 3 atom stereocenters. The quantitative estimate of drug-likeness (QED) is 0.568. The highest BCUT2D eigenvalue weighted by atomic mass is 32.2. The normalized spacial score (nSPS) is 29.8. The van der Waals surface area contributed by atoms with Gasteiger partial charge in [0.1, 0.15) is 17.5 Å². The van der Waals surface area contributed by atoms with Gasteiger partial charge in [0.25, 0.3) is 0 Å². The summed E-state index contributed by atoms with van der Waals surface area (Å²) in [6, 6.07) is -1.40. The smallest absolute Gasteiger partial charge is 0.327 e. The molecule has 0 aromatic heterocycles. The summed E-state index contributed by atoms with van der Waals surface area (Å²) >= 11 is 1.45. The minimum absolute atomic E-state index is 0.126. The fraction of sp³-hybridized carbons (Fsp3) is 0.786. The Morgan fingerprint density at radius 1 is 1.38 bits per heavy atom. The Bertz CT molecular complexity index is 466.